The van der Waals surface area contributed by atoms with Crippen molar-refractivity contribution in [1.82, 2.24) is 10.2 Å². The number of furan rings is 1. The van der Waals surface area contributed by atoms with E-state index >= 15 is 0 Å². The van der Waals surface area contributed by atoms with Gasteiger partial charge >= 0.3 is 0 Å². The Bertz CT molecular complexity index is 504. The third kappa shape index (κ3) is 4.92. The van der Waals surface area contributed by atoms with E-state index in [1.807, 2.05) is 34.6 Å². The summed E-state index contributed by atoms with van der Waals surface area (Å²) in [6, 6.07) is 1.89. The molecule has 2 amide bonds. The molecule has 0 atom stereocenters. The van der Waals surface area contributed by atoms with Crippen molar-refractivity contribution in [1.29, 1.82) is 0 Å². The van der Waals surface area contributed by atoms with Gasteiger partial charge in [-0.05, 0) is 47.6 Å². The first-order valence-electron chi connectivity index (χ1n) is 7.39. The summed E-state index contributed by atoms with van der Waals surface area (Å²) in [7, 11) is 0. The minimum absolute atomic E-state index is 0.0268. The second-order valence-corrected chi connectivity index (χ2v) is 5.89. The molecule has 0 aliphatic carbocycles. The normalized spacial score (nSPS) is 11.0. The Labute approximate surface area is 126 Å². The zero-order valence-corrected chi connectivity index (χ0v) is 13.8. The van der Waals surface area contributed by atoms with Gasteiger partial charge in [0, 0.05) is 25.0 Å². The molecule has 1 aromatic heterocycles. The van der Waals surface area contributed by atoms with E-state index in [0.29, 0.717) is 24.3 Å². The summed E-state index contributed by atoms with van der Waals surface area (Å²) >= 11 is 0. The quantitative estimate of drug-likeness (QED) is 0.877. The maximum Gasteiger partial charge on any atom is 0.257 e. The molecular formula is C16H26N2O3. The van der Waals surface area contributed by atoms with Gasteiger partial charge in [0.25, 0.3) is 5.91 Å². The van der Waals surface area contributed by atoms with Crippen LogP contribution in [0.5, 0.6) is 0 Å². The second-order valence-electron chi connectivity index (χ2n) is 5.89. The Balaban J connectivity index is 2.76. The first-order chi connectivity index (χ1) is 9.72. The Morgan fingerprint density at radius 3 is 2.29 bits per heavy atom. The van der Waals surface area contributed by atoms with Crippen molar-refractivity contribution in [3.8, 4) is 0 Å². The molecule has 0 radical (unpaired) electrons. The number of rotatable bonds is 6. The minimum atomic E-state index is -0.0864. The predicted molar refractivity (Wildman–Crippen MR) is 82.3 cm³/mol. The number of nitrogens with zero attached hydrogens (tertiary/aromatic N) is 1. The molecule has 118 valence electrons. The van der Waals surface area contributed by atoms with Crippen LogP contribution in [0.25, 0.3) is 0 Å². The molecule has 1 aromatic rings. The Kier molecular flexibility index (Phi) is 6.00. The van der Waals surface area contributed by atoms with E-state index in [1.165, 1.54) is 0 Å². The SMILES string of the molecule is Cc1cc(C(=O)N(CCC(=O)NC(C)C)C(C)C)c(C)o1. The summed E-state index contributed by atoms with van der Waals surface area (Å²) in [6.45, 7) is 11.7. The van der Waals surface area contributed by atoms with Crippen molar-refractivity contribution >= 4 is 11.8 Å². The molecule has 5 nitrogen and oxygen atoms in total. The van der Waals surface area contributed by atoms with Gasteiger partial charge < -0.3 is 14.6 Å². The molecule has 0 aliphatic heterocycles. The van der Waals surface area contributed by atoms with Gasteiger partial charge in [-0.3, -0.25) is 9.59 Å². The van der Waals surface area contributed by atoms with Gasteiger partial charge in [-0.15, -0.1) is 0 Å². The molecule has 0 unspecified atom stereocenters. The zero-order valence-electron chi connectivity index (χ0n) is 13.8. The van der Waals surface area contributed by atoms with E-state index in [0.717, 1.165) is 5.76 Å². The van der Waals surface area contributed by atoms with Gasteiger partial charge in [0.2, 0.25) is 5.91 Å². The highest BCUT2D eigenvalue weighted by molar-refractivity contribution is 5.95. The molecule has 0 fully saturated rings. The number of carbonyl (C=O) groups excluding carboxylic acids is 2. The highest BCUT2D eigenvalue weighted by Gasteiger charge is 2.23. The van der Waals surface area contributed by atoms with Crippen LogP contribution in [0.4, 0.5) is 0 Å². The number of hydrogen-bond acceptors (Lipinski definition) is 3. The van der Waals surface area contributed by atoms with Gasteiger partial charge in [0.05, 0.1) is 5.56 Å². The number of aryl methyl sites for hydroxylation is 2. The lowest BCUT2D eigenvalue weighted by Crippen LogP contribution is -2.40. The summed E-state index contributed by atoms with van der Waals surface area (Å²) in [6.07, 6.45) is 0.304. The maximum atomic E-state index is 12.6. The third-order valence-electron chi connectivity index (χ3n) is 3.19. The molecule has 0 bridgehead atoms. The summed E-state index contributed by atoms with van der Waals surface area (Å²) in [5, 5.41) is 2.84. The maximum absolute atomic E-state index is 12.6. The molecular weight excluding hydrogens is 268 g/mol. The Morgan fingerprint density at radius 1 is 1.24 bits per heavy atom. The van der Waals surface area contributed by atoms with Crippen LogP contribution in [-0.4, -0.2) is 35.3 Å². The number of hydrogen-bond donors (Lipinski definition) is 1. The number of nitrogens with one attached hydrogen (secondary N) is 1. The fourth-order valence-electron chi connectivity index (χ4n) is 2.21. The first-order valence-corrected chi connectivity index (χ1v) is 7.39. The average molecular weight is 294 g/mol. The highest BCUT2D eigenvalue weighted by atomic mass is 16.3. The molecule has 0 aliphatic rings. The zero-order chi connectivity index (χ0) is 16.2. The Morgan fingerprint density at radius 2 is 1.86 bits per heavy atom. The van der Waals surface area contributed by atoms with E-state index in [1.54, 1.807) is 17.9 Å². The second kappa shape index (κ2) is 7.29. The molecule has 0 saturated carbocycles. The predicted octanol–water partition coefficient (Wildman–Crippen LogP) is 2.66. The lowest BCUT2D eigenvalue weighted by molar-refractivity contribution is -0.121. The van der Waals surface area contributed by atoms with E-state index < -0.39 is 0 Å². The summed E-state index contributed by atoms with van der Waals surface area (Å²) in [4.78, 5) is 26.0. The van der Waals surface area contributed by atoms with Crippen molar-refractivity contribution in [3.63, 3.8) is 0 Å². The molecule has 1 N–H and O–H groups in total. The van der Waals surface area contributed by atoms with Crippen molar-refractivity contribution in [2.24, 2.45) is 0 Å². The highest BCUT2D eigenvalue weighted by Crippen LogP contribution is 2.17. The van der Waals surface area contributed by atoms with Crippen LogP contribution < -0.4 is 5.32 Å². The van der Waals surface area contributed by atoms with Crippen molar-refractivity contribution in [2.75, 3.05) is 6.54 Å². The molecule has 0 aromatic carbocycles. The molecule has 5 heteroatoms. The lowest BCUT2D eigenvalue weighted by Gasteiger charge is -2.26. The van der Waals surface area contributed by atoms with Gasteiger partial charge in [0.15, 0.2) is 0 Å². The van der Waals surface area contributed by atoms with Crippen molar-refractivity contribution < 1.29 is 14.0 Å². The van der Waals surface area contributed by atoms with Gasteiger partial charge in [-0.1, -0.05) is 0 Å². The summed E-state index contributed by atoms with van der Waals surface area (Å²) in [5.41, 5.74) is 0.575. The van der Waals surface area contributed by atoms with E-state index in [9.17, 15) is 9.59 Å². The van der Waals surface area contributed by atoms with Crippen LogP contribution in [0.2, 0.25) is 0 Å². The third-order valence-corrected chi connectivity index (χ3v) is 3.19. The standard InChI is InChI=1S/C16H26N2O3/c1-10(2)17-15(19)7-8-18(11(3)4)16(20)14-9-12(5)21-13(14)6/h9-11H,7-8H2,1-6H3,(H,17,19). The van der Waals surface area contributed by atoms with E-state index in [4.69, 9.17) is 4.42 Å². The molecule has 0 saturated heterocycles. The van der Waals surface area contributed by atoms with Crippen LogP contribution in [-0.2, 0) is 4.79 Å². The monoisotopic (exact) mass is 294 g/mol. The van der Waals surface area contributed by atoms with Crippen LogP contribution in [0.3, 0.4) is 0 Å². The van der Waals surface area contributed by atoms with E-state index in [2.05, 4.69) is 5.32 Å². The lowest BCUT2D eigenvalue weighted by atomic mass is 10.1. The largest absolute Gasteiger partial charge is 0.466 e. The number of carbonyl (C=O) groups is 2. The smallest absolute Gasteiger partial charge is 0.257 e. The molecule has 1 heterocycles. The van der Waals surface area contributed by atoms with Crippen molar-refractivity contribution in [2.45, 2.75) is 60.0 Å². The van der Waals surface area contributed by atoms with Gasteiger partial charge in [-0.25, -0.2) is 0 Å². The summed E-state index contributed by atoms with van der Waals surface area (Å²) < 4.78 is 5.42. The minimum Gasteiger partial charge on any atom is -0.466 e. The van der Waals surface area contributed by atoms with Crippen LogP contribution in [0, 0.1) is 13.8 Å². The topological polar surface area (TPSA) is 62.6 Å². The summed E-state index contributed by atoms with van der Waals surface area (Å²) in [5.74, 6) is 1.21. The van der Waals surface area contributed by atoms with Crippen LogP contribution in [0.15, 0.2) is 10.5 Å². The Hall–Kier alpha value is -1.78. The average Bonchev–Trinajstić information content (AvgIpc) is 2.67. The van der Waals surface area contributed by atoms with Crippen LogP contribution >= 0.6 is 0 Å². The van der Waals surface area contributed by atoms with Crippen LogP contribution in [0.1, 0.15) is 56.0 Å². The fraction of sp³-hybridized carbons (Fsp3) is 0.625. The van der Waals surface area contributed by atoms with Gasteiger partial charge in [-0.2, -0.15) is 0 Å². The molecule has 0 spiro atoms. The van der Waals surface area contributed by atoms with Gasteiger partial charge in [0.1, 0.15) is 11.5 Å². The first kappa shape index (κ1) is 17.3. The fourth-order valence-corrected chi connectivity index (χ4v) is 2.21. The molecule has 21 heavy (non-hydrogen) atoms. The number of amides is 2. The molecule has 1 rings (SSSR count). The van der Waals surface area contributed by atoms with E-state index in [-0.39, 0.29) is 23.9 Å². The van der Waals surface area contributed by atoms with Crippen molar-refractivity contribution in [3.05, 3.63) is 23.2 Å².